The minimum Gasteiger partial charge on any atom is -0.492 e. The van der Waals surface area contributed by atoms with E-state index in [0.717, 1.165) is 10.4 Å². The van der Waals surface area contributed by atoms with Gasteiger partial charge in [-0.3, -0.25) is 4.79 Å². The third-order valence-corrected chi connectivity index (χ3v) is 5.79. The molecule has 0 spiro atoms. The van der Waals surface area contributed by atoms with Gasteiger partial charge in [0.15, 0.2) is 5.60 Å². The molecule has 0 fully saturated rings. The van der Waals surface area contributed by atoms with E-state index in [1.165, 1.54) is 24.3 Å². The maximum atomic E-state index is 14.6. The average Bonchev–Trinajstić information content (AvgIpc) is 3.25. The molecule has 148 valence electrons. The number of hydrogen-bond donors (Lipinski definition) is 2. The van der Waals surface area contributed by atoms with Gasteiger partial charge < -0.3 is 20.1 Å². The molecule has 0 aliphatic carbocycles. The van der Waals surface area contributed by atoms with Crippen molar-refractivity contribution in [1.29, 1.82) is 0 Å². The highest BCUT2D eigenvalue weighted by Crippen LogP contribution is 2.41. The van der Waals surface area contributed by atoms with Crippen LogP contribution in [0.3, 0.4) is 0 Å². The van der Waals surface area contributed by atoms with Gasteiger partial charge in [0.2, 0.25) is 0 Å². The molecule has 0 bridgehead atoms. The molecule has 0 saturated carbocycles. The molecule has 0 radical (unpaired) electrons. The number of hydrogen-bond acceptors (Lipinski definition) is 6. The fraction of sp³-hybridized carbons (Fsp3) is 0.238. The number of carbonyl (C=O) groups is 1. The average molecular weight is 412 g/mol. The number of rotatable bonds is 2. The van der Waals surface area contributed by atoms with Crippen molar-refractivity contribution in [3.8, 4) is 28.0 Å². The second-order valence-electron chi connectivity index (χ2n) is 6.90. The van der Waals surface area contributed by atoms with E-state index in [2.05, 4.69) is 17.0 Å². The van der Waals surface area contributed by atoms with Crippen LogP contribution >= 0.6 is 11.3 Å². The number of halogens is 1. The fourth-order valence-electron chi connectivity index (χ4n) is 3.03. The van der Waals surface area contributed by atoms with Gasteiger partial charge in [0, 0.05) is 29.0 Å². The molecular formula is C21H17FN2O4S. The van der Waals surface area contributed by atoms with Crippen molar-refractivity contribution >= 4 is 17.2 Å². The van der Waals surface area contributed by atoms with Crippen LogP contribution in [0, 0.1) is 24.6 Å². The number of aliphatic hydroxyl groups is 1. The lowest BCUT2D eigenvalue weighted by Crippen LogP contribution is -2.18. The highest BCUT2D eigenvalue weighted by molar-refractivity contribution is 7.17. The Balaban J connectivity index is 1.79. The Morgan fingerprint density at radius 1 is 1.38 bits per heavy atom. The van der Waals surface area contributed by atoms with Gasteiger partial charge in [0.05, 0.1) is 17.0 Å². The molecule has 3 heterocycles. The Morgan fingerprint density at radius 3 is 2.86 bits per heavy atom. The van der Waals surface area contributed by atoms with Crippen molar-refractivity contribution < 1.29 is 23.6 Å². The molecule has 3 aromatic rings. The molecule has 1 aliphatic heterocycles. The summed E-state index contributed by atoms with van der Waals surface area (Å²) in [4.78, 5) is 12.8. The lowest BCUT2D eigenvalue weighted by atomic mass is 10.0. The minimum absolute atomic E-state index is 0.0923. The smallest absolute Gasteiger partial charge is 0.258 e. The van der Waals surface area contributed by atoms with Crippen LogP contribution in [-0.4, -0.2) is 22.8 Å². The van der Waals surface area contributed by atoms with E-state index >= 15 is 0 Å². The van der Waals surface area contributed by atoms with Crippen LogP contribution in [0.15, 0.2) is 28.8 Å². The van der Waals surface area contributed by atoms with Crippen LogP contribution in [0.2, 0.25) is 0 Å². The Labute approximate surface area is 170 Å². The Bertz CT molecular complexity index is 1180. The van der Waals surface area contributed by atoms with Crippen LogP contribution in [0.25, 0.3) is 10.4 Å². The van der Waals surface area contributed by atoms with Crippen molar-refractivity contribution in [2.24, 2.45) is 5.73 Å². The van der Waals surface area contributed by atoms with Gasteiger partial charge in [-0.05, 0) is 31.5 Å². The van der Waals surface area contributed by atoms with Crippen LogP contribution in [0.4, 0.5) is 4.39 Å². The number of benzene rings is 1. The summed E-state index contributed by atoms with van der Waals surface area (Å²) in [5.41, 5.74) is 5.68. The highest BCUT2D eigenvalue weighted by Gasteiger charge is 2.25. The molecular weight excluding hydrogens is 395 g/mol. The number of nitrogens with two attached hydrogens (primary N) is 1. The maximum absolute atomic E-state index is 14.6. The first-order chi connectivity index (χ1) is 13.7. The summed E-state index contributed by atoms with van der Waals surface area (Å²) in [7, 11) is 0. The van der Waals surface area contributed by atoms with E-state index in [-0.39, 0.29) is 11.3 Å². The van der Waals surface area contributed by atoms with E-state index < -0.39 is 17.3 Å². The van der Waals surface area contributed by atoms with Crippen molar-refractivity contribution in [2.75, 3.05) is 6.61 Å². The number of aryl methyl sites for hydroxylation is 1. The molecule has 0 unspecified atom stereocenters. The topological polar surface area (TPSA) is 98.6 Å². The molecule has 1 atom stereocenters. The molecule has 0 saturated heterocycles. The van der Waals surface area contributed by atoms with E-state index in [9.17, 15) is 14.3 Å². The lowest BCUT2D eigenvalue weighted by molar-refractivity contribution is 0.100. The normalized spacial score (nSPS) is 14.5. The molecule has 2 aromatic heterocycles. The standard InChI is InChI=1S/C21H17FN2O4S/c1-11-7-18(24-28-11)21(2,26)5-3-12-8-14-16(10-15(12)22)27-6-4-13-9-17(20(23)25)29-19(13)14/h7-10,26H,4,6H2,1-2H3,(H2,23,25)/t21-/m1/s1. The molecule has 3 N–H and O–H groups in total. The second kappa shape index (κ2) is 7.03. The zero-order valence-corrected chi connectivity index (χ0v) is 16.5. The molecule has 8 heteroatoms. The summed E-state index contributed by atoms with van der Waals surface area (Å²) >= 11 is 1.24. The predicted molar refractivity (Wildman–Crippen MR) is 105 cm³/mol. The highest BCUT2D eigenvalue weighted by atomic mass is 32.1. The van der Waals surface area contributed by atoms with Crippen LogP contribution in [-0.2, 0) is 12.0 Å². The van der Waals surface area contributed by atoms with Gasteiger partial charge in [-0.1, -0.05) is 17.0 Å². The number of amides is 1. The monoisotopic (exact) mass is 412 g/mol. The molecule has 1 aromatic carbocycles. The van der Waals surface area contributed by atoms with Gasteiger partial charge in [-0.15, -0.1) is 11.3 Å². The maximum Gasteiger partial charge on any atom is 0.258 e. The number of aromatic nitrogens is 1. The van der Waals surface area contributed by atoms with Crippen molar-refractivity contribution in [3.63, 3.8) is 0 Å². The van der Waals surface area contributed by atoms with Crippen molar-refractivity contribution in [3.05, 3.63) is 57.5 Å². The molecule has 6 nitrogen and oxygen atoms in total. The third-order valence-electron chi connectivity index (χ3n) is 4.56. The van der Waals surface area contributed by atoms with Gasteiger partial charge in [0.25, 0.3) is 5.91 Å². The van der Waals surface area contributed by atoms with E-state index in [4.69, 9.17) is 15.0 Å². The summed E-state index contributed by atoms with van der Waals surface area (Å²) in [5, 5.41) is 14.3. The van der Waals surface area contributed by atoms with Crippen molar-refractivity contribution in [1.82, 2.24) is 5.16 Å². The Morgan fingerprint density at radius 2 is 2.17 bits per heavy atom. The van der Waals surface area contributed by atoms with E-state index in [0.29, 0.717) is 35.0 Å². The zero-order chi connectivity index (χ0) is 20.8. The summed E-state index contributed by atoms with van der Waals surface area (Å²) in [5.74, 6) is 5.17. The number of thiophene rings is 1. The number of ether oxygens (including phenoxy) is 1. The second-order valence-corrected chi connectivity index (χ2v) is 7.95. The summed E-state index contributed by atoms with van der Waals surface area (Å²) in [6, 6.07) is 6.15. The summed E-state index contributed by atoms with van der Waals surface area (Å²) in [6.07, 6.45) is 0.580. The quantitative estimate of drug-likeness (QED) is 0.630. The van der Waals surface area contributed by atoms with Crippen LogP contribution < -0.4 is 10.5 Å². The number of nitrogens with zero attached hydrogens (tertiary/aromatic N) is 1. The number of fused-ring (bicyclic) bond motifs is 3. The molecule has 29 heavy (non-hydrogen) atoms. The number of primary amides is 1. The molecule has 4 rings (SSSR count). The first-order valence-corrected chi connectivity index (χ1v) is 9.65. The van der Waals surface area contributed by atoms with Crippen molar-refractivity contribution in [2.45, 2.75) is 25.9 Å². The van der Waals surface area contributed by atoms with Gasteiger partial charge in [-0.2, -0.15) is 0 Å². The van der Waals surface area contributed by atoms with E-state index in [1.807, 2.05) is 0 Å². The van der Waals surface area contributed by atoms with Gasteiger partial charge in [-0.25, -0.2) is 4.39 Å². The van der Waals surface area contributed by atoms with Crippen LogP contribution in [0.1, 0.15) is 39.2 Å². The van der Waals surface area contributed by atoms with E-state index in [1.54, 1.807) is 25.1 Å². The summed E-state index contributed by atoms with van der Waals surface area (Å²) in [6.45, 7) is 3.52. The summed E-state index contributed by atoms with van der Waals surface area (Å²) < 4.78 is 25.3. The Hall–Kier alpha value is -3.15. The lowest BCUT2D eigenvalue weighted by Gasteiger charge is -2.12. The van der Waals surface area contributed by atoms with Gasteiger partial charge in [0.1, 0.15) is 23.0 Å². The Kier molecular flexibility index (Phi) is 4.65. The van der Waals surface area contributed by atoms with Gasteiger partial charge >= 0.3 is 0 Å². The fourth-order valence-corrected chi connectivity index (χ4v) is 4.11. The van der Waals surface area contributed by atoms with Crippen LogP contribution in [0.5, 0.6) is 5.75 Å². The minimum atomic E-state index is -1.61. The predicted octanol–water partition coefficient (Wildman–Crippen LogP) is 3.14. The first kappa shape index (κ1) is 19.2. The first-order valence-electron chi connectivity index (χ1n) is 8.83. The molecule has 1 amide bonds. The zero-order valence-electron chi connectivity index (χ0n) is 15.7. The largest absolute Gasteiger partial charge is 0.492 e. The molecule has 1 aliphatic rings. The SMILES string of the molecule is Cc1cc([C@](C)(O)C#Cc2cc3c(cc2F)OCCc2cc(C(N)=O)sc2-3)no1. The number of carbonyl (C=O) groups excluding carboxylic acids is 1. The third kappa shape index (κ3) is 3.62.